The van der Waals surface area contributed by atoms with Crippen molar-refractivity contribution in [3.05, 3.63) is 300 Å². The van der Waals surface area contributed by atoms with E-state index >= 15 is 0 Å². The summed E-state index contributed by atoms with van der Waals surface area (Å²) in [6, 6.07) is 84.9. The molecule has 2 aliphatic heterocycles. The van der Waals surface area contributed by atoms with Crippen LogP contribution in [0.15, 0.2) is 255 Å². The topological polar surface area (TPSA) is 97.4 Å². The highest BCUT2D eigenvalue weighted by Crippen LogP contribution is 2.35. The van der Waals surface area contributed by atoms with Crippen molar-refractivity contribution in [2.45, 2.75) is 64.1 Å². The van der Waals surface area contributed by atoms with Crippen molar-refractivity contribution in [2.75, 3.05) is 39.3 Å². The minimum absolute atomic E-state index is 0.0388. The summed E-state index contributed by atoms with van der Waals surface area (Å²) in [5.74, 6) is -0.0776. The van der Waals surface area contributed by atoms with Gasteiger partial charge in [-0.15, -0.1) is 0 Å². The average molecular weight is 1110 g/mol. The van der Waals surface area contributed by atoms with Crippen molar-refractivity contribution in [1.29, 1.82) is 0 Å². The lowest BCUT2D eigenvalue weighted by Gasteiger charge is -2.43. The van der Waals surface area contributed by atoms with Gasteiger partial charge in [0.1, 0.15) is 0 Å². The van der Waals surface area contributed by atoms with Crippen molar-refractivity contribution in [3.63, 3.8) is 0 Å². The fourth-order valence-corrected chi connectivity index (χ4v) is 12.3. The number of amides is 2. The second kappa shape index (κ2) is 27.0. The second-order valence-corrected chi connectivity index (χ2v) is 22.3. The molecule has 8 aromatic carbocycles. The van der Waals surface area contributed by atoms with E-state index in [1.54, 1.807) is 0 Å². The van der Waals surface area contributed by atoms with Crippen LogP contribution in [-0.4, -0.2) is 114 Å². The first-order chi connectivity index (χ1) is 41.2. The molecule has 2 N–H and O–H groups in total. The third kappa shape index (κ3) is 13.3. The number of benzene rings is 8. The lowest BCUT2D eigenvalue weighted by atomic mass is 9.97. The highest BCUT2D eigenvalue weighted by Gasteiger charge is 2.39. The van der Waals surface area contributed by atoms with E-state index < -0.39 is 12.2 Å². The van der Waals surface area contributed by atoms with Crippen molar-refractivity contribution < 1.29 is 19.8 Å². The molecule has 424 valence electrons. The van der Waals surface area contributed by atoms with Gasteiger partial charge in [0.15, 0.2) is 0 Å². The lowest BCUT2D eigenvalue weighted by molar-refractivity contribution is -0.00288. The number of aliphatic hydroxyl groups excluding tert-OH is 2. The summed E-state index contributed by atoms with van der Waals surface area (Å²) in [6.45, 7) is 9.47. The number of aryl methyl sites for hydroxylation is 2. The van der Waals surface area contributed by atoms with Crippen molar-refractivity contribution in [3.8, 4) is 33.9 Å². The SMILES string of the molecule is Cc1cc(C(=O)N2CCN(Cc3ccccc3)C[C@H]2[C@@H](O)Cc2ccccc2)c(-c2ccccc2)n1-c1ccccc1.Cc1cc(C(=O)N2CCN(Cc3ccccc3)C[C@H]2[C@H](O)Cc2ccccc2)c(-c2ccccc2)n1-c1ccccc1. The van der Waals surface area contributed by atoms with Gasteiger partial charge in [-0.3, -0.25) is 19.4 Å². The molecule has 4 atom stereocenters. The predicted octanol–water partition coefficient (Wildman–Crippen LogP) is 12.8. The van der Waals surface area contributed by atoms with Gasteiger partial charge >= 0.3 is 0 Å². The molecule has 0 bridgehead atoms. The number of carbonyl (C=O) groups is 2. The first kappa shape index (κ1) is 56.9. The highest BCUT2D eigenvalue weighted by molar-refractivity contribution is 6.02. The average Bonchev–Trinajstić information content (AvgIpc) is 3.15. The summed E-state index contributed by atoms with van der Waals surface area (Å²) in [5.41, 5.74) is 13.7. The first-order valence-electron chi connectivity index (χ1n) is 29.4. The zero-order chi connectivity index (χ0) is 57.8. The zero-order valence-electron chi connectivity index (χ0n) is 48.0. The number of para-hydroxylation sites is 2. The summed E-state index contributed by atoms with van der Waals surface area (Å²) >= 11 is 0. The van der Waals surface area contributed by atoms with E-state index in [0.717, 1.165) is 82.6 Å². The summed E-state index contributed by atoms with van der Waals surface area (Å²) in [7, 11) is 0. The molecule has 84 heavy (non-hydrogen) atoms. The van der Waals surface area contributed by atoms with Gasteiger partial charge < -0.3 is 29.1 Å². The summed E-state index contributed by atoms with van der Waals surface area (Å²) < 4.78 is 4.34. The third-order valence-corrected chi connectivity index (χ3v) is 16.4. The molecule has 12 rings (SSSR count). The number of hydrogen-bond donors (Lipinski definition) is 2. The number of nitrogens with zero attached hydrogens (tertiary/aromatic N) is 6. The number of hydrogen-bond acceptors (Lipinski definition) is 6. The Morgan fingerprint density at radius 2 is 0.679 bits per heavy atom. The minimum Gasteiger partial charge on any atom is -0.391 e. The summed E-state index contributed by atoms with van der Waals surface area (Å²) in [5, 5.41) is 23.4. The Balaban J connectivity index is 0.000000175. The molecule has 2 fully saturated rings. The minimum atomic E-state index is -0.701. The lowest BCUT2D eigenvalue weighted by Crippen LogP contribution is -2.59. The summed E-state index contributed by atoms with van der Waals surface area (Å²) in [6.07, 6.45) is -0.423. The van der Waals surface area contributed by atoms with Crippen LogP contribution in [0.1, 0.15) is 54.4 Å². The quantitative estimate of drug-likeness (QED) is 0.100. The molecule has 0 radical (unpaired) electrons. The maximum atomic E-state index is 14.6. The highest BCUT2D eigenvalue weighted by atomic mass is 16.3. The van der Waals surface area contributed by atoms with Crippen LogP contribution in [0.3, 0.4) is 0 Å². The van der Waals surface area contributed by atoms with Gasteiger partial charge in [0.05, 0.1) is 46.8 Å². The predicted molar refractivity (Wildman–Crippen MR) is 337 cm³/mol. The number of aliphatic hydroxyl groups is 2. The molecular weight excluding hydrogens is 1040 g/mol. The van der Waals surface area contributed by atoms with Crippen molar-refractivity contribution in [2.24, 2.45) is 0 Å². The molecule has 2 aromatic heterocycles. The van der Waals surface area contributed by atoms with Gasteiger partial charge in [-0.05, 0) is 83.6 Å². The summed E-state index contributed by atoms with van der Waals surface area (Å²) in [4.78, 5) is 37.8. The second-order valence-electron chi connectivity index (χ2n) is 22.3. The largest absolute Gasteiger partial charge is 0.391 e. The Morgan fingerprint density at radius 1 is 0.393 bits per heavy atom. The van der Waals surface area contributed by atoms with Crippen LogP contribution in [0, 0.1) is 13.8 Å². The van der Waals surface area contributed by atoms with Crippen LogP contribution in [0.5, 0.6) is 0 Å². The molecule has 0 unspecified atom stereocenters. The van der Waals surface area contributed by atoms with Gasteiger partial charge in [-0.2, -0.15) is 0 Å². The molecule has 2 amide bonds. The van der Waals surface area contributed by atoms with E-state index in [2.05, 4.69) is 130 Å². The van der Waals surface area contributed by atoms with Crippen LogP contribution >= 0.6 is 0 Å². The van der Waals surface area contributed by atoms with E-state index in [0.29, 0.717) is 50.1 Å². The van der Waals surface area contributed by atoms with E-state index in [1.807, 2.05) is 168 Å². The standard InChI is InChI=1S/2C37H37N3O2/c2*1-28-24-33(36(31-18-10-4-11-19-31)40(28)32-20-12-5-13-21-32)37(42)39-23-22-38(26-30-16-8-3-9-17-30)27-34(39)35(41)25-29-14-6-2-7-15-29/h2*2-21,24,34-35,41H,22-23,25-27H2,1H3/t34-,35+;34-,35-/m00/s1. The normalized spacial score (nSPS) is 16.3. The fourth-order valence-electron chi connectivity index (χ4n) is 12.3. The Kier molecular flexibility index (Phi) is 18.3. The van der Waals surface area contributed by atoms with Gasteiger partial charge in [-0.1, -0.05) is 218 Å². The van der Waals surface area contributed by atoms with E-state index in [1.165, 1.54) is 11.1 Å². The van der Waals surface area contributed by atoms with E-state index in [4.69, 9.17) is 0 Å². The molecule has 10 aromatic rings. The fraction of sp³-hybridized carbons (Fsp3) is 0.216. The Hall–Kier alpha value is -8.90. The monoisotopic (exact) mass is 1110 g/mol. The number of piperazine rings is 2. The molecular formula is C74H74N6O4. The Bertz CT molecular complexity index is 3450. The Labute approximate surface area is 494 Å². The van der Waals surface area contributed by atoms with Crippen LogP contribution in [-0.2, 0) is 25.9 Å². The number of aromatic nitrogens is 2. The molecule has 10 nitrogen and oxygen atoms in total. The van der Waals surface area contributed by atoms with Gasteiger partial charge in [0.25, 0.3) is 11.8 Å². The molecule has 0 aliphatic carbocycles. The van der Waals surface area contributed by atoms with Gasteiger partial charge in [0.2, 0.25) is 0 Å². The Morgan fingerprint density at radius 3 is 1.00 bits per heavy atom. The van der Waals surface area contributed by atoms with Gasteiger partial charge in [0, 0.05) is 88.0 Å². The third-order valence-electron chi connectivity index (χ3n) is 16.4. The van der Waals surface area contributed by atoms with Crippen LogP contribution < -0.4 is 0 Å². The van der Waals surface area contributed by atoms with Crippen LogP contribution in [0.2, 0.25) is 0 Å². The smallest absolute Gasteiger partial charge is 0.256 e. The molecule has 0 saturated carbocycles. The van der Waals surface area contributed by atoms with Crippen molar-refractivity contribution >= 4 is 11.8 Å². The molecule has 0 spiro atoms. The number of rotatable bonds is 16. The molecule has 2 aliphatic rings. The van der Waals surface area contributed by atoms with Crippen molar-refractivity contribution in [1.82, 2.24) is 28.7 Å². The van der Waals surface area contributed by atoms with E-state index in [9.17, 15) is 19.8 Å². The molecule has 4 heterocycles. The number of carbonyl (C=O) groups excluding carboxylic acids is 2. The zero-order valence-corrected chi connectivity index (χ0v) is 48.0. The maximum Gasteiger partial charge on any atom is 0.256 e. The van der Waals surface area contributed by atoms with Crippen LogP contribution in [0.25, 0.3) is 33.9 Å². The van der Waals surface area contributed by atoms with Crippen LogP contribution in [0.4, 0.5) is 0 Å². The van der Waals surface area contributed by atoms with Gasteiger partial charge in [-0.25, -0.2) is 0 Å². The first-order valence-corrected chi connectivity index (χ1v) is 29.4. The molecule has 10 heteroatoms. The molecule has 2 saturated heterocycles. The van der Waals surface area contributed by atoms with E-state index in [-0.39, 0.29) is 23.9 Å². The maximum absolute atomic E-state index is 14.6.